The van der Waals surface area contributed by atoms with Crippen LogP contribution in [0.3, 0.4) is 0 Å². The number of carbonyl (C=O) groups excluding carboxylic acids is 2. The molecule has 2 amide bonds. The number of methoxy groups -OCH3 is 1. The molecule has 110 valence electrons. The van der Waals surface area contributed by atoms with E-state index in [9.17, 15) is 9.59 Å². The van der Waals surface area contributed by atoms with Crippen molar-refractivity contribution < 1.29 is 19.1 Å². The first-order valence-corrected chi connectivity index (χ1v) is 6.40. The molecule has 0 heterocycles. The second kappa shape index (κ2) is 7.37. The number of benzene rings is 1. The number of nitrogens with one attached hydrogen (secondary N) is 2. The Labute approximate surface area is 118 Å². The van der Waals surface area contributed by atoms with Crippen molar-refractivity contribution in [1.82, 2.24) is 10.9 Å². The van der Waals surface area contributed by atoms with Crippen LogP contribution >= 0.6 is 0 Å². The van der Waals surface area contributed by atoms with E-state index < -0.39 is 5.91 Å². The fraction of sp³-hybridized carbons (Fsp3) is 0.429. The number of hydrogen-bond donors (Lipinski definition) is 2. The molecule has 0 unspecified atom stereocenters. The summed E-state index contributed by atoms with van der Waals surface area (Å²) in [6.07, 6.45) is 0. The van der Waals surface area contributed by atoms with E-state index in [1.165, 1.54) is 7.11 Å². The summed E-state index contributed by atoms with van der Waals surface area (Å²) in [4.78, 5) is 23.3. The minimum absolute atomic E-state index is 0.204. The summed E-state index contributed by atoms with van der Waals surface area (Å²) in [5.74, 6) is 0.161. The van der Waals surface area contributed by atoms with Crippen molar-refractivity contribution in [3.8, 4) is 11.5 Å². The fourth-order valence-electron chi connectivity index (χ4n) is 1.42. The Morgan fingerprint density at radius 1 is 1.20 bits per heavy atom. The Morgan fingerprint density at radius 2 is 1.90 bits per heavy atom. The van der Waals surface area contributed by atoms with Gasteiger partial charge in [0.2, 0.25) is 5.91 Å². The van der Waals surface area contributed by atoms with Crippen LogP contribution in [0.2, 0.25) is 0 Å². The second-order valence-electron chi connectivity index (χ2n) is 4.40. The normalized spacial score (nSPS) is 10.1. The molecule has 6 nitrogen and oxygen atoms in total. The van der Waals surface area contributed by atoms with Crippen molar-refractivity contribution in [1.29, 1.82) is 0 Å². The maximum absolute atomic E-state index is 11.9. The van der Waals surface area contributed by atoms with Gasteiger partial charge in [-0.2, -0.15) is 0 Å². The van der Waals surface area contributed by atoms with Gasteiger partial charge in [-0.3, -0.25) is 20.4 Å². The average Bonchev–Trinajstić information content (AvgIpc) is 2.44. The molecule has 0 aliphatic carbocycles. The molecule has 0 aliphatic heterocycles. The number of carbonyl (C=O) groups is 2. The molecule has 0 bridgehead atoms. The van der Waals surface area contributed by atoms with E-state index in [0.717, 1.165) is 0 Å². The highest BCUT2D eigenvalue weighted by Crippen LogP contribution is 2.27. The maximum atomic E-state index is 11.9. The van der Waals surface area contributed by atoms with Gasteiger partial charge in [-0.1, -0.05) is 13.8 Å². The van der Waals surface area contributed by atoms with Crippen molar-refractivity contribution in [2.24, 2.45) is 5.92 Å². The predicted octanol–water partition coefficient (Wildman–Crippen LogP) is 1.51. The molecule has 0 saturated carbocycles. The summed E-state index contributed by atoms with van der Waals surface area (Å²) < 4.78 is 10.5. The van der Waals surface area contributed by atoms with Crippen molar-refractivity contribution in [2.75, 3.05) is 13.7 Å². The number of hydrazine groups is 1. The van der Waals surface area contributed by atoms with Crippen LogP contribution in [-0.4, -0.2) is 25.5 Å². The van der Waals surface area contributed by atoms with Gasteiger partial charge in [0.15, 0.2) is 11.5 Å². The Balaban J connectivity index is 2.76. The van der Waals surface area contributed by atoms with E-state index in [4.69, 9.17) is 9.47 Å². The van der Waals surface area contributed by atoms with Gasteiger partial charge < -0.3 is 9.47 Å². The van der Waals surface area contributed by atoms with Crippen LogP contribution in [-0.2, 0) is 4.79 Å². The smallest absolute Gasteiger partial charge is 0.269 e. The van der Waals surface area contributed by atoms with Crippen LogP contribution in [0.25, 0.3) is 0 Å². The van der Waals surface area contributed by atoms with Crippen LogP contribution in [0.4, 0.5) is 0 Å². The van der Waals surface area contributed by atoms with Gasteiger partial charge in [0.1, 0.15) is 0 Å². The highest BCUT2D eigenvalue weighted by Gasteiger charge is 2.12. The lowest BCUT2D eigenvalue weighted by molar-refractivity contribution is -0.124. The van der Waals surface area contributed by atoms with E-state index in [1.807, 2.05) is 6.92 Å². The number of ether oxygens (including phenoxy) is 2. The number of rotatable bonds is 5. The van der Waals surface area contributed by atoms with Gasteiger partial charge in [0.05, 0.1) is 13.7 Å². The van der Waals surface area contributed by atoms with E-state index in [2.05, 4.69) is 10.9 Å². The van der Waals surface area contributed by atoms with Crippen molar-refractivity contribution in [2.45, 2.75) is 20.8 Å². The molecule has 0 aliphatic rings. The topological polar surface area (TPSA) is 76.7 Å². The molecule has 1 aromatic rings. The second-order valence-corrected chi connectivity index (χ2v) is 4.40. The van der Waals surface area contributed by atoms with Gasteiger partial charge in [0, 0.05) is 11.5 Å². The predicted molar refractivity (Wildman–Crippen MR) is 74.6 cm³/mol. The maximum Gasteiger partial charge on any atom is 0.269 e. The van der Waals surface area contributed by atoms with Crippen molar-refractivity contribution in [3.05, 3.63) is 23.8 Å². The molecule has 0 spiro atoms. The molecule has 0 aromatic heterocycles. The monoisotopic (exact) mass is 280 g/mol. The zero-order chi connectivity index (χ0) is 15.1. The molecule has 0 saturated heterocycles. The molecule has 1 aromatic carbocycles. The number of hydrogen-bond acceptors (Lipinski definition) is 4. The number of amides is 2. The van der Waals surface area contributed by atoms with Gasteiger partial charge in [-0.05, 0) is 25.1 Å². The standard InChI is InChI=1S/C14H20N2O4/c1-5-20-11-7-6-10(8-12(11)19-4)14(18)16-15-13(17)9(2)3/h6-9H,5H2,1-4H3,(H,15,17)(H,16,18). The molecular formula is C14H20N2O4. The van der Waals surface area contributed by atoms with Crippen LogP contribution in [0, 0.1) is 5.92 Å². The molecule has 0 radical (unpaired) electrons. The molecule has 1 rings (SSSR count). The fourth-order valence-corrected chi connectivity index (χ4v) is 1.42. The van der Waals surface area contributed by atoms with E-state index in [0.29, 0.717) is 23.7 Å². The molecular weight excluding hydrogens is 260 g/mol. The van der Waals surface area contributed by atoms with Crippen molar-refractivity contribution in [3.63, 3.8) is 0 Å². The third kappa shape index (κ3) is 4.15. The Kier molecular flexibility index (Phi) is 5.83. The third-order valence-electron chi connectivity index (χ3n) is 2.55. The lowest BCUT2D eigenvalue weighted by Crippen LogP contribution is -2.43. The first-order chi connectivity index (χ1) is 9.49. The van der Waals surface area contributed by atoms with Crippen molar-refractivity contribution >= 4 is 11.8 Å². The van der Waals surface area contributed by atoms with E-state index in [-0.39, 0.29) is 11.8 Å². The SMILES string of the molecule is CCOc1ccc(C(=O)NNC(=O)C(C)C)cc1OC. The van der Waals surface area contributed by atoms with Gasteiger partial charge in [-0.25, -0.2) is 0 Å². The highest BCUT2D eigenvalue weighted by atomic mass is 16.5. The van der Waals surface area contributed by atoms with E-state index in [1.54, 1.807) is 32.0 Å². The van der Waals surface area contributed by atoms with E-state index >= 15 is 0 Å². The summed E-state index contributed by atoms with van der Waals surface area (Å²) in [7, 11) is 1.50. The van der Waals surface area contributed by atoms with Gasteiger partial charge >= 0.3 is 0 Å². The zero-order valence-electron chi connectivity index (χ0n) is 12.1. The van der Waals surface area contributed by atoms with Crippen LogP contribution in [0.1, 0.15) is 31.1 Å². The van der Waals surface area contributed by atoms with Crippen LogP contribution in [0.5, 0.6) is 11.5 Å². The highest BCUT2D eigenvalue weighted by molar-refractivity contribution is 5.96. The summed E-state index contributed by atoms with van der Waals surface area (Å²) in [5.41, 5.74) is 5.06. The Bertz CT molecular complexity index is 486. The summed E-state index contributed by atoms with van der Waals surface area (Å²) in [6.45, 7) is 5.84. The average molecular weight is 280 g/mol. The lowest BCUT2D eigenvalue weighted by Gasteiger charge is -2.12. The molecule has 20 heavy (non-hydrogen) atoms. The Morgan fingerprint density at radius 3 is 2.45 bits per heavy atom. The van der Waals surface area contributed by atoms with Gasteiger partial charge in [0.25, 0.3) is 5.91 Å². The first-order valence-electron chi connectivity index (χ1n) is 6.40. The zero-order valence-corrected chi connectivity index (χ0v) is 12.1. The molecule has 2 N–H and O–H groups in total. The summed E-state index contributed by atoms with van der Waals surface area (Å²) in [6, 6.07) is 4.81. The van der Waals surface area contributed by atoms with Gasteiger partial charge in [-0.15, -0.1) is 0 Å². The third-order valence-corrected chi connectivity index (χ3v) is 2.55. The molecule has 0 fully saturated rings. The summed E-state index contributed by atoms with van der Waals surface area (Å²) in [5, 5.41) is 0. The largest absolute Gasteiger partial charge is 0.493 e. The minimum Gasteiger partial charge on any atom is -0.493 e. The quantitative estimate of drug-likeness (QED) is 0.802. The summed E-state index contributed by atoms with van der Waals surface area (Å²) >= 11 is 0. The molecule has 6 heteroatoms. The van der Waals surface area contributed by atoms with Crippen LogP contribution < -0.4 is 20.3 Å². The Hall–Kier alpha value is -2.24. The first kappa shape index (κ1) is 15.8. The lowest BCUT2D eigenvalue weighted by atomic mass is 10.2. The minimum atomic E-state index is -0.416. The van der Waals surface area contributed by atoms with Crippen LogP contribution in [0.15, 0.2) is 18.2 Å². The molecule has 0 atom stereocenters.